The third kappa shape index (κ3) is 1.29. The van der Waals surface area contributed by atoms with Crippen LogP contribution in [-0.4, -0.2) is 0 Å². The summed E-state index contributed by atoms with van der Waals surface area (Å²) in [4.78, 5) is 0. The Bertz CT molecular complexity index is 728. The summed E-state index contributed by atoms with van der Waals surface area (Å²) in [6.07, 6.45) is 0. The Kier molecular flexibility index (Phi) is 1.79. The summed E-state index contributed by atoms with van der Waals surface area (Å²) in [5.41, 5.74) is 2.68. The van der Waals surface area contributed by atoms with Crippen molar-refractivity contribution in [1.82, 2.24) is 0 Å². The molecule has 0 radical (unpaired) electrons. The van der Waals surface area contributed by atoms with Crippen molar-refractivity contribution in [2.45, 2.75) is 13.2 Å². The van der Waals surface area contributed by atoms with E-state index in [1.54, 1.807) is 0 Å². The molecule has 0 saturated heterocycles. The Morgan fingerprint density at radius 1 is 0.706 bits per heavy atom. The average molecular weight is 220 g/mol. The van der Waals surface area contributed by atoms with Gasteiger partial charge in [0, 0.05) is 0 Å². The van der Waals surface area contributed by atoms with E-state index >= 15 is 0 Å². The second-order valence-electron chi connectivity index (χ2n) is 4.62. The first-order valence-electron chi connectivity index (χ1n) is 5.93. The summed E-state index contributed by atoms with van der Waals surface area (Å²) in [7, 11) is 0. The van der Waals surface area contributed by atoms with Crippen LogP contribution in [0, 0.1) is 0 Å². The molecule has 0 aromatic heterocycles. The molecule has 4 rings (SSSR count). The molecule has 1 heterocycles. The predicted molar refractivity (Wildman–Crippen MR) is 69.9 cm³/mol. The molecule has 1 aliphatic heterocycles. The minimum atomic E-state index is 0.758. The minimum absolute atomic E-state index is 0.758. The molecule has 0 fully saturated rings. The number of hydrogen-bond acceptors (Lipinski definition) is 1. The van der Waals surface area contributed by atoms with Crippen molar-refractivity contribution in [3.05, 3.63) is 59.7 Å². The second kappa shape index (κ2) is 3.31. The molecule has 0 unspecified atom stereocenters. The van der Waals surface area contributed by atoms with Crippen LogP contribution in [-0.2, 0) is 18.0 Å². The number of rotatable bonds is 0. The monoisotopic (exact) mass is 220 g/mol. The lowest BCUT2D eigenvalue weighted by atomic mass is 9.98. The standard InChI is InChI=1S/C16H12O/c1-2-4-15-11(3-1)5-6-12-7-13-9-17-10-14(13)8-16(12)15/h1-8H,9-10H2. The second-order valence-corrected chi connectivity index (χ2v) is 4.62. The molecule has 0 spiro atoms. The number of benzene rings is 3. The van der Waals surface area contributed by atoms with Gasteiger partial charge in [0.05, 0.1) is 13.2 Å². The minimum Gasteiger partial charge on any atom is -0.372 e. The first-order valence-corrected chi connectivity index (χ1v) is 5.93. The van der Waals surface area contributed by atoms with Crippen LogP contribution < -0.4 is 0 Å². The lowest BCUT2D eigenvalue weighted by molar-refractivity contribution is 0.134. The maximum Gasteiger partial charge on any atom is 0.0725 e. The van der Waals surface area contributed by atoms with Gasteiger partial charge in [0.25, 0.3) is 0 Å². The van der Waals surface area contributed by atoms with Crippen LogP contribution in [0.3, 0.4) is 0 Å². The Labute approximate surface area is 99.6 Å². The zero-order valence-electron chi connectivity index (χ0n) is 9.44. The maximum atomic E-state index is 5.50. The molecule has 0 N–H and O–H groups in total. The van der Waals surface area contributed by atoms with Crippen molar-refractivity contribution in [3.8, 4) is 0 Å². The largest absolute Gasteiger partial charge is 0.372 e. The third-order valence-electron chi connectivity index (χ3n) is 3.58. The van der Waals surface area contributed by atoms with Gasteiger partial charge in [-0.25, -0.2) is 0 Å². The highest BCUT2D eigenvalue weighted by molar-refractivity contribution is 6.07. The third-order valence-corrected chi connectivity index (χ3v) is 3.58. The first-order chi connectivity index (χ1) is 8.42. The van der Waals surface area contributed by atoms with Gasteiger partial charge in [0.15, 0.2) is 0 Å². The van der Waals surface area contributed by atoms with Gasteiger partial charge in [-0.1, -0.05) is 36.4 Å². The summed E-state index contributed by atoms with van der Waals surface area (Å²) in [6, 6.07) is 17.5. The maximum absolute atomic E-state index is 5.50. The van der Waals surface area contributed by atoms with E-state index < -0.39 is 0 Å². The molecule has 0 aliphatic carbocycles. The van der Waals surface area contributed by atoms with E-state index in [4.69, 9.17) is 4.74 Å². The smallest absolute Gasteiger partial charge is 0.0725 e. The summed E-state index contributed by atoms with van der Waals surface area (Å²) < 4.78 is 5.50. The first kappa shape index (κ1) is 9.20. The van der Waals surface area contributed by atoms with E-state index in [0.29, 0.717) is 0 Å². The molecule has 1 nitrogen and oxygen atoms in total. The molecular weight excluding hydrogens is 208 g/mol. The molecule has 1 heteroatoms. The molecular formula is C16H12O. The van der Waals surface area contributed by atoms with Gasteiger partial charge in [-0.3, -0.25) is 0 Å². The topological polar surface area (TPSA) is 9.23 Å². The van der Waals surface area contributed by atoms with Gasteiger partial charge in [-0.15, -0.1) is 0 Å². The molecule has 1 aliphatic rings. The van der Waals surface area contributed by atoms with Crippen molar-refractivity contribution in [2.24, 2.45) is 0 Å². The summed E-state index contributed by atoms with van der Waals surface area (Å²) >= 11 is 0. The molecule has 0 atom stereocenters. The van der Waals surface area contributed by atoms with Gasteiger partial charge >= 0.3 is 0 Å². The highest BCUT2D eigenvalue weighted by atomic mass is 16.5. The highest BCUT2D eigenvalue weighted by Gasteiger charge is 2.12. The fraction of sp³-hybridized carbons (Fsp3) is 0.125. The van der Waals surface area contributed by atoms with Crippen molar-refractivity contribution in [3.63, 3.8) is 0 Å². The van der Waals surface area contributed by atoms with E-state index in [1.807, 2.05) is 0 Å². The normalized spacial score (nSPS) is 14.4. The van der Waals surface area contributed by atoms with E-state index in [1.165, 1.54) is 32.7 Å². The lowest BCUT2D eigenvalue weighted by Gasteiger charge is -2.06. The van der Waals surface area contributed by atoms with Crippen molar-refractivity contribution in [2.75, 3.05) is 0 Å². The van der Waals surface area contributed by atoms with Crippen molar-refractivity contribution < 1.29 is 4.74 Å². The van der Waals surface area contributed by atoms with Crippen molar-refractivity contribution in [1.29, 1.82) is 0 Å². The predicted octanol–water partition coefficient (Wildman–Crippen LogP) is 4.02. The van der Waals surface area contributed by atoms with Gasteiger partial charge in [-0.05, 0) is 44.8 Å². The highest BCUT2D eigenvalue weighted by Crippen LogP contribution is 2.30. The van der Waals surface area contributed by atoms with E-state index in [9.17, 15) is 0 Å². The SMILES string of the molecule is c1ccc2c(c1)ccc1cc3c(cc12)COC3. The molecule has 82 valence electrons. The zero-order chi connectivity index (χ0) is 11.2. The number of fused-ring (bicyclic) bond motifs is 4. The Morgan fingerprint density at radius 3 is 2.41 bits per heavy atom. The molecule has 3 aromatic carbocycles. The van der Waals surface area contributed by atoms with Gasteiger partial charge in [-0.2, -0.15) is 0 Å². The van der Waals surface area contributed by atoms with Crippen LogP contribution in [0.15, 0.2) is 48.5 Å². The van der Waals surface area contributed by atoms with E-state index in [-0.39, 0.29) is 0 Å². The summed E-state index contributed by atoms with van der Waals surface area (Å²) in [5, 5.41) is 5.29. The quantitative estimate of drug-likeness (QED) is 0.520. The zero-order valence-corrected chi connectivity index (χ0v) is 9.44. The molecule has 3 aromatic rings. The Hall–Kier alpha value is -1.86. The Balaban J connectivity index is 2.19. The fourth-order valence-electron chi connectivity index (χ4n) is 2.69. The number of hydrogen-bond donors (Lipinski definition) is 0. The van der Waals surface area contributed by atoms with Crippen LogP contribution >= 0.6 is 0 Å². The molecule has 17 heavy (non-hydrogen) atoms. The van der Waals surface area contributed by atoms with Crippen LogP contribution in [0.4, 0.5) is 0 Å². The van der Waals surface area contributed by atoms with E-state index in [2.05, 4.69) is 48.5 Å². The van der Waals surface area contributed by atoms with Crippen LogP contribution in [0.5, 0.6) is 0 Å². The molecule has 0 saturated carbocycles. The van der Waals surface area contributed by atoms with Gasteiger partial charge in [0.2, 0.25) is 0 Å². The Morgan fingerprint density at radius 2 is 1.47 bits per heavy atom. The van der Waals surface area contributed by atoms with Gasteiger partial charge in [0.1, 0.15) is 0 Å². The lowest BCUT2D eigenvalue weighted by Crippen LogP contribution is -1.84. The van der Waals surface area contributed by atoms with Crippen LogP contribution in [0.25, 0.3) is 21.5 Å². The summed E-state index contributed by atoms with van der Waals surface area (Å²) in [5.74, 6) is 0. The van der Waals surface area contributed by atoms with Gasteiger partial charge < -0.3 is 4.74 Å². The number of ether oxygens (including phenoxy) is 1. The van der Waals surface area contributed by atoms with E-state index in [0.717, 1.165) is 13.2 Å². The average Bonchev–Trinajstić information content (AvgIpc) is 2.83. The van der Waals surface area contributed by atoms with Crippen LogP contribution in [0.1, 0.15) is 11.1 Å². The fourth-order valence-corrected chi connectivity index (χ4v) is 2.69. The molecule has 0 bridgehead atoms. The van der Waals surface area contributed by atoms with Crippen molar-refractivity contribution >= 4 is 21.5 Å². The molecule has 0 amide bonds. The summed E-state index contributed by atoms with van der Waals surface area (Å²) in [6.45, 7) is 1.52. The van der Waals surface area contributed by atoms with Crippen LogP contribution in [0.2, 0.25) is 0 Å².